The topological polar surface area (TPSA) is 63.8 Å². The van der Waals surface area contributed by atoms with E-state index in [-0.39, 0.29) is 5.91 Å². The summed E-state index contributed by atoms with van der Waals surface area (Å²) in [5, 5.41) is 3.87. The van der Waals surface area contributed by atoms with Gasteiger partial charge >= 0.3 is 0 Å². The van der Waals surface area contributed by atoms with Gasteiger partial charge in [-0.15, -0.1) is 0 Å². The van der Waals surface area contributed by atoms with Gasteiger partial charge in [0.2, 0.25) is 5.91 Å². The standard InChI is InChI=1S/C17H20N2O3/c1-13-6-9-16(22-13)12-18-19-17(20)5-3-4-14-7-10-15(21-2)11-8-14/h6-12H,3-5H2,1-2H3,(H,19,20)/b18-12+. The Morgan fingerprint density at radius 1 is 1.27 bits per heavy atom. The van der Waals surface area contributed by atoms with Gasteiger partial charge in [0.1, 0.15) is 17.3 Å². The molecule has 1 amide bonds. The summed E-state index contributed by atoms with van der Waals surface area (Å²) in [7, 11) is 1.64. The summed E-state index contributed by atoms with van der Waals surface area (Å²) in [6.07, 6.45) is 3.54. The van der Waals surface area contributed by atoms with E-state index in [4.69, 9.17) is 9.15 Å². The molecule has 0 fully saturated rings. The second-order valence-corrected chi connectivity index (χ2v) is 4.94. The van der Waals surface area contributed by atoms with Crippen LogP contribution in [0.25, 0.3) is 0 Å². The number of furan rings is 1. The van der Waals surface area contributed by atoms with Crippen LogP contribution in [0.2, 0.25) is 0 Å². The summed E-state index contributed by atoms with van der Waals surface area (Å²) in [6.45, 7) is 1.86. The van der Waals surface area contributed by atoms with Crippen molar-refractivity contribution in [2.45, 2.75) is 26.2 Å². The van der Waals surface area contributed by atoms with Crippen molar-refractivity contribution in [3.8, 4) is 5.75 Å². The monoisotopic (exact) mass is 300 g/mol. The lowest BCUT2D eigenvalue weighted by Crippen LogP contribution is -2.17. The fourth-order valence-electron chi connectivity index (χ4n) is 1.99. The van der Waals surface area contributed by atoms with Crippen LogP contribution in [0.3, 0.4) is 0 Å². The molecule has 116 valence electrons. The van der Waals surface area contributed by atoms with Crippen LogP contribution in [0.4, 0.5) is 0 Å². The molecule has 2 rings (SSSR count). The summed E-state index contributed by atoms with van der Waals surface area (Å²) in [5.41, 5.74) is 3.68. The zero-order valence-electron chi connectivity index (χ0n) is 12.8. The molecule has 0 saturated carbocycles. The third kappa shape index (κ3) is 5.09. The van der Waals surface area contributed by atoms with Crippen molar-refractivity contribution in [3.63, 3.8) is 0 Å². The van der Waals surface area contributed by atoms with Crippen LogP contribution in [0, 0.1) is 6.92 Å². The van der Waals surface area contributed by atoms with Crippen LogP contribution >= 0.6 is 0 Å². The van der Waals surface area contributed by atoms with E-state index >= 15 is 0 Å². The number of hydrogen-bond acceptors (Lipinski definition) is 4. The minimum absolute atomic E-state index is 0.104. The van der Waals surface area contributed by atoms with Crippen LogP contribution in [-0.2, 0) is 11.2 Å². The number of carbonyl (C=O) groups excluding carboxylic acids is 1. The summed E-state index contributed by atoms with van der Waals surface area (Å²) in [4.78, 5) is 11.7. The van der Waals surface area contributed by atoms with Gasteiger partial charge in [-0.2, -0.15) is 5.10 Å². The number of hydrogen-bond donors (Lipinski definition) is 1. The zero-order valence-corrected chi connectivity index (χ0v) is 12.8. The smallest absolute Gasteiger partial charge is 0.240 e. The second kappa shape index (κ2) is 8.02. The quantitative estimate of drug-likeness (QED) is 0.631. The van der Waals surface area contributed by atoms with Gasteiger partial charge in [0.05, 0.1) is 13.3 Å². The predicted octanol–water partition coefficient (Wildman–Crippen LogP) is 3.07. The lowest BCUT2D eigenvalue weighted by atomic mass is 10.1. The summed E-state index contributed by atoms with van der Waals surface area (Å²) in [5.74, 6) is 2.17. The predicted molar refractivity (Wildman–Crippen MR) is 85.1 cm³/mol. The molecular formula is C17H20N2O3. The molecule has 0 spiro atoms. The highest BCUT2D eigenvalue weighted by molar-refractivity contribution is 5.80. The molecule has 1 N–H and O–H groups in total. The fourth-order valence-corrected chi connectivity index (χ4v) is 1.99. The Bertz CT molecular complexity index is 630. The first-order chi connectivity index (χ1) is 10.7. The highest BCUT2D eigenvalue weighted by Gasteiger charge is 2.01. The maximum atomic E-state index is 11.7. The van der Waals surface area contributed by atoms with Gasteiger partial charge in [0.15, 0.2) is 0 Å². The van der Waals surface area contributed by atoms with E-state index in [1.807, 2.05) is 37.3 Å². The number of nitrogens with zero attached hydrogens (tertiary/aromatic N) is 1. The number of nitrogens with one attached hydrogen (secondary N) is 1. The lowest BCUT2D eigenvalue weighted by molar-refractivity contribution is -0.121. The van der Waals surface area contributed by atoms with Crippen molar-refractivity contribution in [1.82, 2.24) is 5.43 Å². The van der Waals surface area contributed by atoms with Crippen molar-refractivity contribution in [2.75, 3.05) is 7.11 Å². The van der Waals surface area contributed by atoms with E-state index in [2.05, 4.69) is 10.5 Å². The van der Waals surface area contributed by atoms with Crippen molar-refractivity contribution in [1.29, 1.82) is 0 Å². The SMILES string of the molecule is COc1ccc(CCCC(=O)N/N=C/c2ccc(C)o2)cc1. The zero-order chi connectivity index (χ0) is 15.8. The Kier molecular flexibility index (Phi) is 5.77. The van der Waals surface area contributed by atoms with Crippen molar-refractivity contribution in [3.05, 3.63) is 53.5 Å². The molecule has 5 nitrogen and oxygen atoms in total. The molecule has 0 atom stereocenters. The Hall–Kier alpha value is -2.56. The van der Waals surface area contributed by atoms with E-state index in [1.54, 1.807) is 13.2 Å². The van der Waals surface area contributed by atoms with Crippen molar-refractivity contribution in [2.24, 2.45) is 5.10 Å². The van der Waals surface area contributed by atoms with Gasteiger partial charge in [-0.1, -0.05) is 12.1 Å². The number of carbonyl (C=O) groups is 1. The highest BCUT2D eigenvalue weighted by Crippen LogP contribution is 2.13. The normalized spacial score (nSPS) is 10.8. The minimum atomic E-state index is -0.104. The van der Waals surface area contributed by atoms with Crippen LogP contribution in [0.15, 0.2) is 45.9 Å². The molecular weight excluding hydrogens is 280 g/mol. The molecule has 2 aromatic rings. The van der Waals surface area contributed by atoms with E-state index in [0.717, 1.165) is 24.4 Å². The molecule has 1 aromatic carbocycles. The van der Waals surface area contributed by atoms with Gasteiger partial charge in [-0.05, 0) is 49.6 Å². The van der Waals surface area contributed by atoms with Crippen LogP contribution < -0.4 is 10.2 Å². The molecule has 0 saturated heterocycles. The number of ether oxygens (including phenoxy) is 1. The summed E-state index contributed by atoms with van der Waals surface area (Å²) >= 11 is 0. The third-order valence-corrected chi connectivity index (χ3v) is 3.17. The Labute approximate surface area is 130 Å². The first-order valence-corrected chi connectivity index (χ1v) is 7.18. The number of aryl methyl sites for hydroxylation is 2. The van der Waals surface area contributed by atoms with Crippen molar-refractivity contribution >= 4 is 12.1 Å². The fraction of sp³-hybridized carbons (Fsp3) is 0.294. The molecule has 0 unspecified atom stereocenters. The Morgan fingerprint density at radius 3 is 2.68 bits per heavy atom. The highest BCUT2D eigenvalue weighted by atomic mass is 16.5. The molecule has 0 aliphatic heterocycles. The number of methoxy groups -OCH3 is 1. The van der Waals surface area contributed by atoms with Crippen LogP contribution in [-0.4, -0.2) is 19.2 Å². The first kappa shape index (κ1) is 15.8. The molecule has 0 aliphatic carbocycles. The van der Waals surface area contributed by atoms with Gasteiger partial charge in [-0.3, -0.25) is 4.79 Å². The third-order valence-electron chi connectivity index (χ3n) is 3.17. The average molecular weight is 300 g/mol. The molecule has 0 radical (unpaired) electrons. The molecule has 0 bridgehead atoms. The van der Waals surface area contributed by atoms with E-state index < -0.39 is 0 Å². The number of amides is 1. The number of benzene rings is 1. The Morgan fingerprint density at radius 2 is 2.05 bits per heavy atom. The van der Waals surface area contributed by atoms with E-state index in [1.165, 1.54) is 11.8 Å². The first-order valence-electron chi connectivity index (χ1n) is 7.18. The molecule has 22 heavy (non-hydrogen) atoms. The molecule has 1 aromatic heterocycles. The van der Waals surface area contributed by atoms with Gasteiger partial charge < -0.3 is 9.15 Å². The Balaban J connectivity index is 1.67. The second-order valence-electron chi connectivity index (χ2n) is 4.94. The molecule has 1 heterocycles. The maximum absolute atomic E-state index is 11.7. The summed E-state index contributed by atoms with van der Waals surface area (Å²) in [6, 6.07) is 11.5. The van der Waals surface area contributed by atoms with Crippen LogP contribution in [0.1, 0.15) is 29.9 Å². The lowest BCUT2D eigenvalue weighted by Gasteiger charge is -2.03. The minimum Gasteiger partial charge on any atom is -0.497 e. The molecule has 5 heteroatoms. The van der Waals surface area contributed by atoms with E-state index in [0.29, 0.717) is 12.2 Å². The van der Waals surface area contributed by atoms with Gasteiger partial charge in [0, 0.05) is 6.42 Å². The van der Waals surface area contributed by atoms with Gasteiger partial charge in [-0.25, -0.2) is 5.43 Å². The number of rotatable bonds is 7. The molecule has 0 aliphatic rings. The number of hydrazone groups is 1. The van der Waals surface area contributed by atoms with Gasteiger partial charge in [0.25, 0.3) is 0 Å². The largest absolute Gasteiger partial charge is 0.497 e. The summed E-state index contributed by atoms with van der Waals surface area (Å²) < 4.78 is 10.4. The maximum Gasteiger partial charge on any atom is 0.240 e. The van der Waals surface area contributed by atoms with E-state index in [9.17, 15) is 4.79 Å². The van der Waals surface area contributed by atoms with Crippen LogP contribution in [0.5, 0.6) is 5.75 Å². The average Bonchev–Trinajstić information content (AvgIpc) is 2.93. The van der Waals surface area contributed by atoms with Crippen molar-refractivity contribution < 1.29 is 13.9 Å².